The maximum absolute atomic E-state index is 13.7. The third-order valence-corrected chi connectivity index (χ3v) is 6.10. The van der Waals surface area contributed by atoms with Crippen LogP contribution in [0.5, 0.6) is 0 Å². The van der Waals surface area contributed by atoms with Gasteiger partial charge in [0, 0.05) is 0 Å². The number of hydrogen-bond acceptors (Lipinski definition) is 9. The number of rotatable bonds is 4. The van der Waals surface area contributed by atoms with E-state index in [0.717, 1.165) is 6.20 Å². The molecule has 1 aromatic carbocycles. The van der Waals surface area contributed by atoms with Crippen LogP contribution in [0.25, 0.3) is 10.9 Å². The molecule has 1 unspecified atom stereocenters. The quantitative estimate of drug-likeness (QED) is 0.390. The van der Waals surface area contributed by atoms with Crippen molar-refractivity contribution < 1.29 is 9.13 Å². The van der Waals surface area contributed by atoms with E-state index in [0.29, 0.717) is 65.1 Å². The molecule has 5 rings (SSSR count). The molecule has 0 radical (unpaired) electrons. The van der Waals surface area contributed by atoms with Crippen LogP contribution in [0.1, 0.15) is 30.0 Å². The van der Waals surface area contributed by atoms with Gasteiger partial charge < -0.3 is 20.8 Å². The van der Waals surface area contributed by atoms with E-state index in [1.807, 2.05) is 11.9 Å². The van der Waals surface area contributed by atoms with Crippen LogP contribution in [0.3, 0.4) is 0 Å². The average molecular weight is 521 g/mol. The lowest BCUT2D eigenvalue weighted by atomic mass is 10.2. The van der Waals surface area contributed by atoms with Gasteiger partial charge in [0.05, 0.1) is 54.5 Å². The molecule has 1 aliphatic heterocycles. The van der Waals surface area contributed by atoms with Gasteiger partial charge in [-0.05, 0) is 37.1 Å². The summed E-state index contributed by atoms with van der Waals surface area (Å²) in [6, 6.07) is 7.40. The van der Waals surface area contributed by atoms with Crippen LogP contribution in [0.4, 0.5) is 16.0 Å². The van der Waals surface area contributed by atoms with E-state index in [-0.39, 0.29) is 11.4 Å². The van der Waals surface area contributed by atoms with Gasteiger partial charge in [-0.3, -0.25) is 4.79 Å². The van der Waals surface area contributed by atoms with E-state index in [2.05, 4.69) is 32.1 Å². The van der Waals surface area contributed by atoms with E-state index in [9.17, 15) is 9.18 Å². The lowest BCUT2D eigenvalue weighted by Gasteiger charge is -2.33. The number of anilines is 2. The summed E-state index contributed by atoms with van der Waals surface area (Å²) in [6.07, 6.45) is 2.40. The van der Waals surface area contributed by atoms with E-state index in [1.165, 1.54) is 18.5 Å². The van der Waals surface area contributed by atoms with Crippen molar-refractivity contribution in [3.8, 4) is 11.8 Å². The zero-order chi connectivity index (χ0) is 25.9. The van der Waals surface area contributed by atoms with Crippen molar-refractivity contribution in [2.75, 3.05) is 42.4 Å². The Bertz CT molecular complexity index is 1580. The molecule has 3 N–H and O–H groups in total. The molecular formula is C25H22ClFN8O2. The SMILES string of the molecule is CC(Nc1ncnc(N)c1C#Cc1ccc(F)cn1)c1nc2cccc(Cl)c2c(=O)n1N1CCOCC1. The lowest BCUT2D eigenvalue weighted by Crippen LogP contribution is -2.51. The number of nitrogen functional groups attached to an aromatic ring is 1. The largest absolute Gasteiger partial charge is 0.382 e. The number of fused-ring (bicyclic) bond motifs is 1. The fraction of sp³-hybridized carbons (Fsp3) is 0.240. The first-order valence-electron chi connectivity index (χ1n) is 11.5. The molecule has 0 aliphatic carbocycles. The number of halogens is 2. The van der Waals surface area contributed by atoms with Crippen LogP contribution in [0, 0.1) is 17.7 Å². The number of aromatic nitrogens is 5. The Morgan fingerprint density at radius 1 is 1.16 bits per heavy atom. The van der Waals surface area contributed by atoms with Gasteiger partial charge in [0.2, 0.25) is 0 Å². The number of morpholine rings is 1. The minimum Gasteiger partial charge on any atom is -0.382 e. The maximum atomic E-state index is 13.7. The zero-order valence-electron chi connectivity index (χ0n) is 19.8. The van der Waals surface area contributed by atoms with Gasteiger partial charge in [-0.1, -0.05) is 23.6 Å². The van der Waals surface area contributed by atoms with Gasteiger partial charge in [0.25, 0.3) is 5.56 Å². The highest BCUT2D eigenvalue weighted by Gasteiger charge is 2.24. The van der Waals surface area contributed by atoms with Gasteiger partial charge in [0.1, 0.15) is 35.0 Å². The molecule has 1 aliphatic rings. The predicted octanol–water partition coefficient (Wildman–Crippen LogP) is 2.50. The van der Waals surface area contributed by atoms with Crippen molar-refractivity contribution in [1.29, 1.82) is 0 Å². The molecule has 4 aromatic rings. The van der Waals surface area contributed by atoms with Crippen molar-refractivity contribution in [3.63, 3.8) is 0 Å². The second kappa shape index (κ2) is 10.4. The minimum atomic E-state index is -0.502. The number of nitrogens with two attached hydrogens (primary N) is 1. The van der Waals surface area contributed by atoms with Gasteiger partial charge >= 0.3 is 0 Å². The normalized spacial score (nSPS) is 14.2. The molecule has 10 nitrogen and oxygen atoms in total. The Kier molecular flexibility index (Phi) is 6.85. The van der Waals surface area contributed by atoms with Crippen LogP contribution in [-0.2, 0) is 4.74 Å². The van der Waals surface area contributed by atoms with Gasteiger partial charge in [-0.25, -0.2) is 29.0 Å². The molecule has 0 bridgehead atoms. The van der Waals surface area contributed by atoms with Crippen LogP contribution in [0.2, 0.25) is 5.02 Å². The van der Waals surface area contributed by atoms with Crippen molar-refractivity contribution in [2.24, 2.45) is 0 Å². The summed E-state index contributed by atoms with van der Waals surface area (Å²) in [6.45, 7) is 3.84. The first kappa shape index (κ1) is 24.4. The molecule has 3 aromatic heterocycles. The number of nitrogens with one attached hydrogen (secondary N) is 1. The first-order valence-corrected chi connectivity index (χ1v) is 11.8. The fourth-order valence-electron chi connectivity index (χ4n) is 3.98. The Labute approximate surface area is 216 Å². The summed E-state index contributed by atoms with van der Waals surface area (Å²) >= 11 is 6.38. The second-order valence-electron chi connectivity index (χ2n) is 8.25. The van der Waals surface area contributed by atoms with Gasteiger partial charge in [0.15, 0.2) is 5.82 Å². The van der Waals surface area contributed by atoms with E-state index in [1.54, 1.807) is 22.9 Å². The standard InChI is InChI=1S/C25H22ClFN8O2/c1-15(32-23-18(22(28)30-14-31-23)8-7-17-6-5-16(27)13-29-17)24-33-20-4-2-3-19(26)21(20)25(36)35(24)34-9-11-37-12-10-34/h2-6,13-15H,9-12H2,1H3,(H3,28,30,31,32). The number of pyridine rings is 1. The molecule has 12 heteroatoms. The van der Waals surface area contributed by atoms with Crippen molar-refractivity contribution in [3.05, 3.63) is 81.1 Å². The fourth-order valence-corrected chi connectivity index (χ4v) is 4.23. The molecule has 1 fully saturated rings. The Hall–Kier alpha value is -4.27. The van der Waals surface area contributed by atoms with Crippen molar-refractivity contribution in [2.45, 2.75) is 13.0 Å². The van der Waals surface area contributed by atoms with Crippen LogP contribution in [-0.4, -0.2) is 50.9 Å². The summed E-state index contributed by atoms with van der Waals surface area (Å²) in [5, 5.41) is 5.84. The second-order valence-corrected chi connectivity index (χ2v) is 8.65. The summed E-state index contributed by atoms with van der Waals surface area (Å²) in [4.78, 5) is 30.8. The van der Waals surface area contributed by atoms with E-state index >= 15 is 0 Å². The Morgan fingerprint density at radius 2 is 1.97 bits per heavy atom. The van der Waals surface area contributed by atoms with Gasteiger partial charge in [-0.15, -0.1) is 0 Å². The molecule has 0 spiro atoms. The van der Waals surface area contributed by atoms with Crippen LogP contribution >= 0.6 is 11.6 Å². The predicted molar refractivity (Wildman–Crippen MR) is 138 cm³/mol. The first-order chi connectivity index (χ1) is 17.9. The smallest absolute Gasteiger partial charge is 0.281 e. The molecule has 0 amide bonds. The molecule has 0 saturated carbocycles. The molecular weight excluding hydrogens is 499 g/mol. The van der Waals surface area contributed by atoms with Crippen molar-refractivity contribution >= 4 is 34.1 Å². The molecule has 37 heavy (non-hydrogen) atoms. The molecule has 188 valence electrons. The monoisotopic (exact) mass is 520 g/mol. The van der Waals surface area contributed by atoms with Gasteiger partial charge in [-0.2, -0.15) is 0 Å². The number of benzene rings is 1. The summed E-state index contributed by atoms with van der Waals surface area (Å²) in [7, 11) is 0. The van der Waals surface area contributed by atoms with E-state index in [4.69, 9.17) is 27.1 Å². The number of hydrogen-bond donors (Lipinski definition) is 2. The molecule has 1 atom stereocenters. The molecule has 4 heterocycles. The lowest BCUT2D eigenvalue weighted by molar-refractivity contribution is 0.110. The summed E-state index contributed by atoms with van der Waals surface area (Å²) in [5.74, 6) is 6.27. The maximum Gasteiger partial charge on any atom is 0.281 e. The average Bonchev–Trinajstić information content (AvgIpc) is 2.89. The Morgan fingerprint density at radius 3 is 2.73 bits per heavy atom. The minimum absolute atomic E-state index is 0.156. The highest BCUT2D eigenvalue weighted by atomic mass is 35.5. The third kappa shape index (κ3) is 5.02. The highest BCUT2D eigenvalue weighted by Crippen LogP contribution is 2.25. The Balaban J connectivity index is 1.56. The topological polar surface area (TPSA) is 124 Å². The highest BCUT2D eigenvalue weighted by molar-refractivity contribution is 6.35. The molecule has 1 saturated heterocycles. The third-order valence-electron chi connectivity index (χ3n) is 5.78. The van der Waals surface area contributed by atoms with Crippen molar-refractivity contribution in [1.82, 2.24) is 24.6 Å². The number of ether oxygens (including phenoxy) is 1. The summed E-state index contributed by atoms with van der Waals surface area (Å²) in [5.41, 5.74) is 7.01. The summed E-state index contributed by atoms with van der Waals surface area (Å²) < 4.78 is 20.2. The van der Waals surface area contributed by atoms with Crippen LogP contribution in [0.15, 0.2) is 47.7 Å². The van der Waals surface area contributed by atoms with Crippen LogP contribution < -0.4 is 21.6 Å². The number of nitrogens with zero attached hydrogens (tertiary/aromatic N) is 6. The zero-order valence-corrected chi connectivity index (χ0v) is 20.5. The van der Waals surface area contributed by atoms with E-state index < -0.39 is 11.9 Å².